The zero-order valence-electron chi connectivity index (χ0n) is 12.9. The Kier molecular flexibility index (Phi) is 7.72. The highest BCUT2D eigenvalue weighted by Crippen LogP contribution is 2.24. The summed E-state index contributed by atoms with van der Waals surface area (Å²) in [6.45, 7) is 9.91. The summed E-state index contributed by atoms with van der Waals surface area (Å²) < 4.78 is 8.93. The molecule has 0 radical (unpaired) electrons. The van der Waals surface area contributed by atoms with Gasteiger partial charge >= 0.3 is 0 Å². The third-order valence-electron chi connectivity index (χ3n) is 3.55. The summed E-state index contributed by atoms with van der Waals surface area (Å²) in [6, 6.07) is 0.0861. The monoisotopic (exact) mass is 346 g/mol. The van der Waals surface area contributed by atoms with E-state index in [1.165, 1.54) is 5.69 Å². The fourth-order valence-corrected chi connectivity index (χ4v) is 3.18. The van der Waals surface area contributed by atoms with E-state index >= 15 is 0 Å². The number of ether oxygens (including phenoxy) is 1. The molecule has 2 unspecified atom stereocenters. The van der Waals surface area contributed by atoms with Crippen molar-refractivity contribution in [2.75, 3.05) is 6.61 Å². The minimum Gasteiger partial charge on any atom is -0.377 e. The average molecular weight is 347 g/mol. The highest BCUT2D eigenvalue weighted by atomic mass is 79.9. The van der Waals surface area contributed by atoms with E-state index in [2.05, 4.69) is 47.2 Å². The van der Waals surface area contributed by atoms with Crippen LogP contribution in [-0.2, 0) is 24.1 Å². The fourth-order valence-electron chi connectivity index (χ4n) is 2.45. The van der Waals surface area contributed by atoms with Crippen LogP contribution in [0.3, 0.4) is 0 Å². The van der Waals surface area contributed by atoms with Gasteiger partial charge in [0.1, 0.15) is 0 Å². The molecular weight excluding hydrogens is 320 g/mol. The molecule has 116 valence electrons. The minimum absolute atomic E-state index is 0.0861. The van der Waals surface area contributed by atoms with E-state index in [4.69, 9.17) is 10.6 Å². The number of nitrogens with zero attached hydrogens (tertiary/aromatic N) is 2. The standard InChI is InChI=1S/C14H27BrN4O/c1-5-10-14(15)12(19(7-3)18-10)9-11(17-16)13(6-2)20-8-4/h11,13,17H,5-9,16H2,1-4H3. The Morgan fingerprint density at radius 2 is 2.05 bits per heavy atom. The van der Waals surface area contributed by atoms with Crippen molar-refractivity contribution in [1.82, 2.24) is 15.2 Å². The summed E-state index contributed by atoms with van der Waals surface area (Å²) >= 11 is 3.68. The highest BCUT2D eigenvalue weighted by Gasteiger charge is 2.24. The zero-order valence-corrected chi connectivity index (χ0v) is 14.5. The lowest BCUT2D eigenvalue weighted by Crippen LogP contribution is -2.46. The van der Waals surface area contributed by atoms with Gasteiger partial charge in [0.05, 0.1) is 28.0 Å². The molecule has 20 heavy (non-hydrogen) atoms. The van der Waals surface area contributed by atoms with Gasteiger partial charge < -0.3 is 4.74 Å². The Morgan fingerprint density at radius 3 is 2.50 bits per heavy atom. The Labute approximate surface area is 130 Å². The number of aromatic nitrogens is 2. The molecule has 1 aromatic heterocycles. The Bertz CT molecular complexity index is 408. The van der Waals surface area contributed by atoms with Gasteiger partial charge in [0.15, 0.2) is 0 Å². The largest absolute Gasteiger partial charge is 0.377 e. The molecule has 1 rings (SSSR count). The van der Waals surface area contributed by atoms with Gasteiger partial charge in [0.2, 0.25) is 0 Å². The van der Waals surface area contributed by atoms with Gasteiger partial charge in [-0.1, -0.05) is 13.8 Å². The summed E-state index contributed by atoms with van der Waals surface area (Å²) in [4.78, 5) is 0. The molecule has 0 spiro atoms. The maximum Gasteiger partial charge on any atom is 0.0766 e. The predicted molar refractivity (Wildman–Crippen MR) is 85.5 cm³/mol. The molecule has 1 heterocycles. The summed E-state index contributed by atoms with van der Waals surface area (Å²) in [6.07, 6.45) is 2.77. The number of rotatable bonds is 9. The number of nitrogens with two attached hydrogens (primary N) is 1. The van der Waals surface area contributed by atoms with E-state index in [9.17, 15) is 0 Å². The molecule has 0 saturated carbocycles. The van der Waals surface area contributed by atoms with Gasteiger partial charge in [0, 0.05) is 19.6 Å². The Balaban J connectivity index is 2.96. The van der Waals surface area contributed by atoms with Crippen molar-refractivity contribution in [2.45, 2.75) is 65.6 Å². The zero-order chi connectivity index (χ0) is 15.1. The molecule has 0 aliphatic heterocycles. The van der Waals surface area contributed by atoms with Crippen LogP contribution >= 0.6 is 15.9 Å². The van der Waals surface area contributed by atoms with Crippen LogP contribution in [0, 0.1) is 0 Å². The lowest BCUT2D eigenvalue weighted by atomic mass is 10.0. The first-order valence-electron chi connectivity index (χ1n) is 7.44. The second kappa shape index (κ2) is 8.77. The molecule has 1 aromatic rings. The van der Waals surface area contributed by atoms with Crippen LogP contribution in [0.1, 0.15) is 45.5 Å². The van der Waals surface area contributed by atoms with Crippen molar-refractivity contribution in [3.8, 4) is 0 Å². The smallest absolute Gasteiger partial charge is 0.0766 e. The van der Waals surface area contributed by atoms with Crippen LogP contribution in [0.25, 0.3) is 0 Å². The minimum atomic E-state index is 0.0861. The molecule has 0 aliphatic carbocycles. The first kappa shape index (κ1) is 17.6. The lowest BCUT2D eigenvalue weighted by Gasteiger charge is -2.25. The van der Waals surface area contributed by atoms with Crippen LogP contribution in [0.4, 0.5) is 0 Å². The van der Waals surface area contributed by atoms with Gasteiger partial charge in [-0.15, -0.1) is 0 Å². The van der Waals surface area contributed by atoms with Crippen LogP contribution in [0.2, 0.25) is 0 Å². The maximum absolute atomic E-state index is 5.78. The number of nitrogens with one attached hydrogen (secondary N) is 1. The molecule has 0 saturated heterocycles. The van der Waals surface area contributed by atoms with Crippen LogP contribution in [-0.4, -0.2) is 28.5 Å². The summed E-state index contributed by atoms with van der Waals surface area (Å²) in [7, 11) is 0. The molecule has 2 atom stereocenters. The Hall–Kier alpha value is -0.430. The summed E-state index contributed by atoms with van der Waals surface area (Å²) in [5.74, 6) is 5.73. The molecular formula is C14H27BrN4O. The van der Waals surface area contributed by atoms with E-state index in [0.717, 1.165) is 36.0 Å². The number of hydrazine groups is 1. The average Bonchev–Trinajstić information content (AvgIpc) is 2.78. The van der Waals surface area contributed by atoms with Gasteiger partial charge in [-0.05, 0) is 42.6 Å². The van der Waals surface area contributed by atoms with Crippen molar-refractivity contribution >= 4 is 15.9 Å². The van der Waals surface area contributed by atoms with Crippen molar-refractivity contribution in [3.05, 3.63) is 15.9 Å². The Morgan fingerprint density at radius 1 is 1.35 bits per heavy atom. The molecule has 5 nitrogen and oxygen atoms in total. The van der Waals surface area contributed by atoms with Crippen LogP contribution < -0.4 is 11.3 Å². The van der Waals surface area contributed by atoms with Crippen LogP contribution in [0.5, 0.6) is 0 Å². The molecule has 6 heteroatoms. The summed E-state index contributed by atoms with van der Waals surface area (Å²) in [5.41, 5.74) is 5.19. The van der Waals surface area contributed by atoms with Crippen molar-refractivity contribution < 1.29 is 4.74 Å². The first-order valence-corrected chi connectivity index (χ1v) is 8.23. The maximum atomic E-state index is 5.78. The van der Waals surface area contributed by atoms with Gasteiger partial charge in [0.25, 0.3) is 0 Å². The number of hydrogen-bond acceptors (Lipinski definition) is 4. The second-order valence-corrected chi connectivity index (χ2v) is 5.55. The van der Waals surface area contributed by atoms with E-state index in [1.54, 1.807) is 0 Å². The molecule has 0 amide bonds. The third kappa shape index (κ3) is 4.04. The van der Waals surface area contributed by atoms with E-state index in [0.29, 0.717) is 6.61 Å². The second-order valence-electron chi connectivity index (χ2n) is 4.76. The predicted octanol–water partition coefficient (Wildman–Crippen LogP) is 2.42. The van der Waals surface area contributed by atoms with Crippen molar-refractivity contribution in [1.29, 1.82) is 0 Å². The quantitative estimate of drug-likeness (QED) is 0.532. The van der Waals surface area contributed by atoms with Gasteiger partial charge in [-0.3, -0.25) is 16.0 Å². The molecule has 0 aliphatic rings. The molecule has 3 N–H and O–H groups in total. The number of aryl methyl sites for hydroxylation is 2. The van der Waals surface area contributed by atoms with Crippen molar-refractivity contribution in [3.63, 3.8) is 0 Å². The summed E-state index contributed by atoms with van der Waals surface area (Å²) in [5, 5.41) is 4.63. The van der Waals surface area contributed by atoms with Crippen molar-refractivity contribution in [2.24, 2.45) is 5.84 Å². The third-order valence-corrected chi connectivity index (χ3v) is 4.47. The topological polar surface area (TPSA) is 65.1 Å². The van der Waals surface area contributed by atoms with E-state index < -0.39 is 0 Å². The first-order chi connectivity index (χ1) is 9.62. The van der Waals surface area contributed by atoms with Crippen LogP contribution in [0.15, 0.2) is 4.47 Å². The van der Waals surface area contributed by atoms with Gasteiger partial charge in [-0.2, -0.15) is 5.10 Å². The SMILES string of the molecule is CCOC(CC)C(Cc1c(Br)c(CC)nn1CC)NN. The lowest BCUT2D eigenvalue weighted by molar-refractivity contribution is 0.0314. The molecule has 0 aromatic carbocycles. The van der Waals surface area contributed by atoms with E-state index in [-0.39, 0.29) is 12.1 Å². The van der Waals surface area contributed by atoms with E-state index in [1.807, 2.05) is 11.6 Å². The normalized spacial score (nSPS) is 14.5. The highest BCUT2D eigenvalue weighted by molar-refractivity contribution is 9.10. The molecule has 0 bridgehead atoms. The number of halogens is 1. The fraction of sp³-hybridized carbons (Fsp3) is 0.786. The number of hydrogen-bond donors (Lipinski definition) is 2. The van der Waals surface area contributed by atoms with Gasteiger partial charge in [-0.25, -0.2) is 0 Å². The molecule has 0 fully saturated rings.